The van der Waals surface area contributed by atoms with E-state index in [1.165, 1.54) is 0 Å². The van der Waals surface area contributed by atoms with Crippen LogP contribution in [0.2, 0.25) is 0 Å². The van der Waals surface area contributed by atoms with Crippen LogP contribution in [0.1, 0.15) is 26.5 Å². The fourth-order valence-corrected chi connectivity index (χ4v) is 2.08. The first-order valence-corrected chi connectivity index (χ1v) is 7.47. The van der Waals surface area contributed by atoms with Gasteiger partial charge in [0.15, 0.2) is 11.5 Å². The van der Waals surface area contributed by atoms with Crippen molar-refractivity contribution in [1.29, 1.82) is 0 Å². The van der Waals surface area contributed by atoms with E-state index in [9.17, 15) is 0 Å². The summed E-state index contributed by atoms with van der Waals surface area (Å²) in [6.07, 6.45) is 0. The van der Waals surface area contributed by atoms with Gasteiger partial charge in [0.2, 0.25) is 0 Å². The van der Waals surface area contributed by atoms with Gasteiger partial charge in [0, 0.05) is 5.56 Å². The first-order valence-electron chi connectivity index (χ1n) is 7.47. The molecule has 1 heterocycles. The van der Waals surface area contributed by atoms with E-state index < -0.39 is 0 Å². The van der Waals surface area contributed by atoms with Crippen LogP contribution in [0.4, 0.5) is 0 Å². The highest BCUT2D eigenvalue weighted by molar-refractivity contribution is 5.63. The summed E-state index contributed by atoms with van der Waals surface area (Å²) < 4.78 is 17.1. The van der Waals surface area contributed by atoms with Crippen molar-refractivity contribution < 1.29 is 13.9 Å². The molecule has 2 aromatic rings. The van der Waals surface area contributed by atoms with Gasteiger partial charge in [0.25, 0.3) is 0 Å². The first-order chi connectivity index (χ1) is 10.3. The lowest BCUT2D eigenvalue weighted by Crippen LogP contribution is -2.10. The van der Waals surface area contributed by atoms with Gasteiger partial charge in [-0.25, -0.2) is 0 Å². The van der Waals surface area contributed by atoms with Crippen molar-refractivity contribution in [3.05, 3.63) is 36.1 Å². The second-order valence-electron chi connectivity index (χ2n) is 4.57. The maximum Gasteiger partial charge on any atom is 0.161 e. The van der Waals surface area contributed by atoms with E-state index in [0.29, 0.717) is 13.2 Å². The Morgan fingerprint density at radius 1 is 0.952 bits per heavy atom. The minimum Gasteiger partial charge on any atom is -0.490 e. The Balaban J connectivity index is 2.22. The second-order valence-corrected chi connectivity index (χ2v) is 4.57. The van der Waals surface area contributed by atoms with E-state index in [-0.39, 0.29) is 0 Å². The monoisotopic (exact) mass is 289 g/mol. The minimum atomic E-state index is 0.605. The number of benzene rings is 1. The number of ether oxygens (including phenoxy) is 2. The van der Waals surface area contributed by atoms with Crippen LogP contribution in [-0.4, -0.2) is 19.8 Å². The van der Waals surface area contributed by atoms with Crippen LogP contribution in [-0.2, 0) is 6.54 Å². The number of nitrogens with one attached hydrogen (secondary N) is 1. The van der Waals surface area contributed by atoms with Crippen LogP contribution in [0.15, 0.2) is 34.7 Å². The SMILES string of the molecule is CCNCc1ccc(-c2ccc(OCC)c(OCC)c2)o1. The van der Waals surface area contributed by atoms with Crippen LogP contribution in [0.25, 0.3) is 11.3 Å². The fraction of sp³-hybridized carbons (Fsp3) is 0.412. The van der Waals surface area contributed by atoms with E-state index in [1.807, 2.05) is 44.2 Å². The fourth-order valence-electron chi connectivity index (χ4n) is 2.08. The Morgan fingerprint density at radius 2 is 1.71 bits per heavy atom. The average molecular weight is 289 g/mol. The highest BCUT2D eigenvalue weighted by Crippen LogP contribution is 2.33. The topological polar surface area (TPSA) is 43.6 Å². The first kappa shape index (κ1) is 15.4. The molecule has 1 aromatic heterocycles. The smallest absolute Gasteiger partial charge is 0.161 e. The van der Waals surface area contributed by atoms with Gasteiger partial charge in [-0.05, 0) is 50.7 Å². The van der Waals surface area contributed by atoms with Crippen LogP contribution in [0, 0.1) is 0 Å². The normalized spacial score (nSPS) is 10.6. The van der Waals surface area contributed by atoms with Crippen LogP contribution >= 0.6 is 0 Å². The molecule has 0 aliphatic heterocycles. The molecule has 0 saturated heterocycles. The van der Waals surface area contributed by atoms with E-state index in [1.54, 1.807) is 0 Å². The molecule has 4 heteroatoms. The molecule has 21 heavy (non-hydrogen) atoms. The zero-order chi connectivity index (χ0) is 15.1. The average Bonchev–Trinajstić information content (AvgIpc) is 2.96. The molecular weight excluding hydrogens is 266 g/mol. The standard InChI is InChI=1S/C17H23NO3/c1-4-18-12-14-8-10-15(21-14)13-7-9-16(19-5-2)17(11-13)20-6-3/h7-11,18H,4-6,12H2,1-3H3. The molecule has 0 amide bonds. The molecule has 114 valence electrons. The summed E-state index contributed by atoms with van der Waals surface area (Å²) in [4.78, 5) is 0. The minimum absolute atomic E-state index is 0.605. The predicted molar refractivity (Wildman–Crippen MR) is 83.9 cm³/mol. The molecule has 0 unspecified atom stereocenters. The van der Waals surface area contributed by atoms with Gasteiger partial charge >= 0.3 is 0 Å². The zero-order valence-corrected chi connectivity index (χ0v) is 12.9. The van der Waals surface area contributed by atoms with Gasteiger partial charge < -0.3 is 19.2 Å². The molecule has 2 rings (SSSR count). The van der Waals surface area contributed by atoms with Crippen molar-refractivity contribution in [2.75, 3.05) is 19.8 Å². The van der Waals surface area contributed by atoms with Gasteiger partial charge in [-0.15, -0.1) is 0 Å². The Hall–Kier alpha value is -1.94. The highest BCUT2D eigenvalue weighted by atomic mass is 16.5. The summed E-state index contributed by atoms with van der Waals surface area (Å²) >= 11 is 0. The largest absolute Gasteiger partial charge is 0.490 e. The Morgan fingerprint density at radius 3 is 2.43 bits per heavy atom. The van der Waals surface area contributed by atoms with Gasteiger partial charge in [-0.3, -0.25) is 0 Å². The van der Waals surface area contributed by atoms with Crippen LogP contribution in [0.5, 0.6) is 11.5 Å². The molecule has 0 aliphatic carbocycles. The maximum atomic E-state index is 5.85. The van der Waals surface area contributed by atoms with Gasteiger partial charge in [0.1, 0.15) is 11.5 Å². The lowest BCUT2D eigenvalue weighted by Gasteiger charge is -2.11. The molecule has 1 aromatic carbocycles. The Kier molecular flexibility index (Phi) is 5.69. The number of hydrogen-bond donors (Lipinski definition) is 1. The molecule has 0 bridgehead atoms. The van der Waals surface area contributed by atoms with Crippen molar-refractivity contribution in [2.45, 2.75) is 27.3 Å². The van der Waals surface area contributed by atoms with Gasteiger partial charge in [0.05, 0.1) is 19.8 Å². The van der Waals surface area contributed by atoms with Crippen molar-refractivity contribution in [2.24, 2.45) is 0 Å². The Bertz CT molecular complexity index is 563. The summed E-state index contributed by atoms with van der Waals surface area (Å²) in [5.74, 6) is 3.29. The maximum absolute atomic E-state index is 5.85. The molecule has 4 nitrogen and oxygen atoms in total. The van der Waals surface area contributed by atoms with Crippen molar-refractivity contribution in [3.8, 4) is 22.8 Å². The molecule has 0 saturated carbocycles. The summed E-state index contributed by atoms with van der Waals surface area (Å²) in [7, 11) is 0. The number of hydrogen-bond acceptors (Lipinski definition) is 4. The lowest BCUT2D eigenvalue weighted by atomic mass is 10.1. The van der Waals surface area contributed by atoms with Gasteiger partial charge in [-0.1, -0.05) is 6.92 Å². The predicted octanol–water partition coefficient (Wildman–Crippen LogP) is 3.85. The number of rotatable bonds is 8. The Labute approximate surface area is 126 Å². The van der Waals surface area contributed by atoms with E-state index in [0.717, 1.165) is 41.7 Å². The van der Waals surface area contributed by atoms with E-state index in [4.69, 9.17) is 13.9 Å². The molecule has 0 aliphatic rings. The molecule has 0 radical (unpaired) electrons. The van der Waals surface area contributed by atoms with Crippen molar-refractivity contribution in [1.82, 2.24) is 5.32 Å². The summed E-state index contributed by atoms with van der Waals surface area (Å²) in [5.41, 5.74) is 0.990. The zero-order valence-electron chi connectivity index (χ0n) is 12.9. The summed E-state index contributed by atoms with van der Waals surface area (Å²) in [6.45, 7) is 8.89. The quantitative estimate of drug-likeness (QED) is 0.801. The summed E-state index contributed by atoms with van der Waals surface area (Å²) in [6, 6.07) is 9.86. The van der Waals surface area contributed by atoms with Gasteiger partial charge in [-0.2, -0.15) is 0 Å². The van der Waals surface area contributed by atoms with Crippen LogP contribution in [0.3, 0.4) is 0 Å². The molecule has 1 N–H and O–H groups in total. The van der Waals surface area contributed by atoms with E-state index >= 15 is 0 Å². The second kappa shape index (κ2) is 7.74. The highest BCUT2D eigenvalue weighted by Gasteiger charge is 2.10. The third-order valence-corrected chi connectivity index (χ3v) is 3.04. The van der Waals surface area contributed by atoms with E-state index in [2.05, 4.69) is 12.2 Å². The number of furan rings is 1. The summed E-state index contributed by atoms with van der Waals surface area (Å²) in [5, 5.41) is 3.25. The third-order valence-electron chi connectivity index (χ3n) is 3.04. The molecular formula is C17H23NO3. The van der Waals surface area contributed by atoms with Crippen molar-refractivity contribution in [3.63, 3.8) is 0 Å². The molecule has 0 atom stereocenters. The molecule has 0 fully saturated rings. The van der Waals surface area contributed by atoms with Crippen molar-refractivity contribution >= 4 is 0 Å². The van der Waals surface area contributed by atoms with Crippen LogP contribution < -0.4 is 14.8 Å². The molecule has 0 spiro atoms. The lowest BCUT2D eigenvalue weighted by molar-refractivity contribution is 0.288. The third kappa shape index (κ3) is 4.02.